The maximum absolute atomic E-state index is 11.9. The topological polar surface area (TPSA) is 64.0 Å². The fraction of sp³-hybridized carbons (Fsp3) is 0.727. The van der Waals surface area contributed by atoms with Crippen molar-refractivity contribution >= 4 is 15.8 Å². The summed E-state index contributed by atoms with van der Waals surface area (Å²) in [5.41, 5.74) is 0. The van der Waals surface area contributed by atoms with Crippen LogP contribution in [-0.2, 0) is 17.1 Å². The van der Waals surface area contributed by atoms with E-state index < -0.39 is 10.0 Å². The van der Waals surface area contributed by atoms with E-state index in [0.29, 0.717) is 11.7 Å². The molecule has 96 valence electrons. The van der Waals surface area contributed by atoms with Crippen LogP contribution in [0.1, 0.15) is 32.1 Å². The highest BCUT2D eigenvalue weighted by molar-refractivity contribution is 7.92. The molecule has 0 aromatic carbocycles. The second-order valence-corrected chi connectivity index (χ2v) is 6.53. The molecule has 2 rings (SSSR count). The molecule has 0 unspecified atom stereocenters. The van der Waals surface area contributed by atoms with E-state index in [2.05, 4.69) is 9.82 Å². The van der Waals surface area contributed by atoms with Gasteiger partial charge in [0.1, 0.15) is 0 Å². The number of hydrogen-bond acceptors (Lipinski definition) is 3. The van der Waals surface area contributed by atoms with Crippen LogP contribution in [-0.4, -0.2) is 24.0 Å². The van der Waals surface area contributed by atoms with Gasteiger partial charge in [-0.3, -0.25) is 9.40 Å². The van der Waals surface area contributed by atoms with E-state index in [1.165, 1.54) is 6.42 Å². The van der Waals surface area contributed by atoms with Gasteiger partial charge in [-0.15, -0.1) is 0 Å². The molecule has 17 heavy (non-hydrogen) atoms. The Morgan fingerprint density at radius 1 is 1.41 bits per heavy atom. The minimum absolute atomic E-state index is 0.226. The van der Waals surface area contributed by atoms with Crippen molar-refractivity contribution in [2.75, 3.05) is 10.5 Å². The minimum atomic E-state index is -3.25. The van der Waals surface area contributed by atoms with Crippen molar-refractivity contribution in [2.45, 2.75) is 32.1 Å². The van der Waals surface area contributed by atoms with Gasteiger partial charge in [-0.2, -0.15) is 5.10 Å². The van der Waals surface area contributed by atoms with Crippen LogP contribution in [0.25, 0.3) is 0 Å². The quantitative estimate of drug-likeness (QED) is 0.893. The predicted molar refractivity (Wildman–Crippen MR) is 67.2 cm³/mol. The Morgan fingerprint density at radius 3 is 2.71 bits per heavy atom. The van der Waals surface area contributed by atoms with Gasteiger partial charge in [0.15, 0.2) is 5.82 Å². The summed E-state index contributed by atoms with van der Waals surface area (Å²) in [6.07, 6.45) is 7.34. The van der Waals surface area contributed by atoms with Gasteiger partial charge >= 0.3 is 0 Å². The third-order valence-electron chi connectivity index (χ3n) is 3.15. The van der Waals surface area contributed by atoms with E-state index in [9.17, 15) is 8.42 Å². The first-order valence-corrected chi connectivity index (χ1v) is 7.70. The molecule has 0 saturated heterocycles. The highest BCUT2D eigenvalue weighted by Gasteiger charge is 2.21. The molecule has 1 aromatic heterocycles. The van der Waals surface area contributed by atoms with Crippen LogP contribution in [0.15, 0.2) is 12.3 Å². The summed E-state index contributed by atoms with van der Waals surface area (Å²) >= 11 is 0. The molecule has 0 radical (unpaired) electrons. The standard InChI is InChI=1S/C11H19N3O2S/c1-14-8-7-11(12-14)13-17(15,16)9-10-5-3-2-4-6-10/h7-8,10H,2-6,9H2,1H3,(H,12,13). The van der Waals surface area contributed by atoms with E-state index in [1.807, 2.05) is 0 Å². The molecule has 5 nitrogen and oxygen atoms in total. The minimum Gasteiger partial charge on any atom is -0.274 e. The van der Waals surface area contributed by atoms with Gasteiger partial charge in [-0.1, -0.05) is 19.3 Å². The van der Waals surface area contributed by atoms with Crippen LogP contribution in [0, 0.1) is 5.92 Å². The summed E-state index contributed by atoms with van der Waals surface area (Å²) in [4.78, 5) is 0. The lowest BCUT2D eigenvalue weighted by Gasteiger charge is -2.21. The predicted octanol–water partition coefficient (Wildman–Crippen LogP) is 1.74. The summed E-state index contributed by atoms with van der Waals surface area (Å²) in [5, 5.41) is 4.02. The summed E-state index contributed by atoms with van der Waals surface area (Å²) < 4.78 is 27.9. The van der Waals surface area contributed by atoms with Crippen LogP contribution in [0.2, 0.25) is 0 Å². The van der Waals surface area contributed by atoms with Crippen molar-refractivity contribution in [1.29, 1.82) is 0 Å². The first kappa shape index (κ1) is 12.4. The Bertz CT molecular complexity index is 461. The highest BCUT2D eigenvalue weighted by atomic mass is 32.2. The molecule has 1 saturated carbocycles. The molecule has 0 amide bonds. The third-order valence-corrected chi connectivity index (χ3v) is 4.58. The van der Waals surface area contributed by atoms with Crippen molar-refractivity contribution in [3.05, 3.63) is 12.3 Å². The fourth-order valence-corrected chi connectivity index (χ4v) is 3.80. The lowest BCUT2D eigenvalue weighted by Crippen LogP contribution is -2.24. The molecule has 0 spiro atoms. The summed E-state index contributed by atoms with van der Waals surface area (Å²) in [6, 6.07) is 1.67. The van der Waals surface area contributed by atoms with Gasteiger partial charge in [0, 0.05) is 19.3 Å². The zero-order valence-electron chi connectivity index (χ0n) is 10.1. The summed E-state index contributed by atoms with van der Waals surface area (Å²) in [6.45, 7) is 0. The van der Waals surface area contributed by atoms with Crippen LogP contribution in [0.5, 0.6) is 0 Å². The first-order valence-electron chi connectivity index (χ1n) is 6.05. The van der Waals surface area contributed by atoms with Gasteiger partial charge in [0.05, 0.1) is 5.75 Å². The maximum atomic E-state index is 11.9. The molecule has 0 atom stereocenters. The smallest absolute Gasteiger partial charge is 0.234 e. The molecule has 1 aliphatic carbocycles. The number of aromatic nitrogens is 2. The molecule has 1 N–H and O–H groups in total. The average molecular weight is 257 g/mol. The average Bonchev–Trinajstić information content (AvgIpc) is 2.63. The van der Waals surface area contributed by atoms with E-state index >= 15 is 0 Å². The molecule has 1 aliphatic rings. The second-order valence-electron chi connectivity index (χ2n) is 4.76. The number of hydrogen-bond donors (Lipinski definition) is 1. The SMILES string of the molecule is Cn1ccc(NS(=O)(=O)CC2CCCCC2)n1. The number of sulfonamides is 1. The lowest BCUT2D eigenvalue weighted by molar-refractivity contribution is 0.385. The molecule has 0 aliphatic heterocycles. The van der Waals surface area contributed by atoms with Gasteiger partial charge in [-0.05, 0) is 18.8 Å². The Hall–Kier alpha value is -1.04. The van der Waals surface area contributed by atoms with Crippen molar-refractivity contribution in [1.82, 2.24) is 9.78 Å². The summed E-state index contributed by atoms with van der Waals surface area (Å²) in [7, 11) is -1.48. The van der Waals surface area contributed by atoms with E-state index in [-0.39, 0.29) is 5.75 Å². The molecule has 6 heteroatoms. The maximum Gasteiger partial charge on any atom is 0.234 e. The van der Waals surface area contributed by atoms with E-state index in [1.54, 1.807) is 24.0 Å². The van der Waals surface area contributed by atoms with E-state index in [4.69, 9.17) is 0 Å². The Morgan fingerprint density at radius 2 is 2.12 bits per heavy atom. The zero-order valence-corrected chi connectivity index (χ0v) is 10.9. The van der Waals surface area contributed by atoms with Crippen molar-refractivity contribution in [2.24, 2.45) is 13.0 Å². The van der Waals surface area contributed by atoms with Gasteiger partial charge in [-0.25, -0.2) is 8.42 Å². The Balaban J connectivity index is 1.94. The number of aryl methyl sites for hydroxylation is 1. The van der Waals surface area contributed by atoms with Crippen LogP contribution in [0.3, 0.4) is 0 Å². The third kappa shape index (κ3) is 3.73. The monoisotopic (exact) mass is 257 g/mol. The molecule has 1 fully saturated rings. The first-order chi connectivity index (χ1) is 8.05. The number of nitrogens with one attached hydrogen (secondary N) is 1. The van der Waals surface area contributed by atoms with Crippen LogP contribution >= 0.6 is 0 Å². The molecule has 1 aromatic rings. The largest absolute Gasteiger partial charge is 0.274 e. The molecule has 1 heterocycles. The number of anilines is 1. The van der Waals surface area contributed by atoms with Crippen LogP contribution in [0.4, 0.5) is 5.82 Å². The van der Waals surface area contributed by atoms with Gasteiger partial charge in [0.2, 0.25) is 10.0 Å². The van der Waals surface area contributed by atoms with E-state index in [0.717, 1.165) is 25.7 Å². The second kappa shape index (κ2) is 5.08. The fourth-order valence-electron chi connectivity index (χ4n) is 2.33. The van der Waals surface area contributed by atoms with Gasteiger partial charge < -0.3 is 0 Å². The number of nitrogens with zero attached hydrogens (tertiary/aromatic N) is 2. The molecular weight excluding hydrogens is 238 g/mol. The van der Waals surface area contributed by atoms with Crippen molar-refractivity contribution in [3.8, 4) is 0 Å². The van der Waals surface area contributed by atoms with Gasteiger partial charge in [0.25, 0.3) is 0 Å². The lowest BCUT2D eigenvalue weighted by atomic mass is 9.91. The number of rotatable bonds is 4. The van der Waals surface area contributed by atoms with Crippen molar-refractivity contribution in [3.63, 3.8) is 0 Å². The summed E-state index contributed by atoms with van der Waals surface area (Å²) in [5.74, 6) is 0.942. The Labute approximate surface area is 102 Å². The molecular formula is C11H19N3O2S. The normalized spacial score (nSPS) is 18.2. The van der Waals surface area contributed by atoms with Crippen LogP contribution < -0.4 is 4.72 Å². The molecule has 0 bridgehead atoms. The highest BCUT2D eigenvalue weighted by Crippen LogP contribution is 2.25. The van der Waals surface area contributed by atoms with Crippen molar-refractivity contribution < 1.29 is 8.42 Å². The Kier molecular flexibility index (Phi) is 3.71. The zero-order chi connectivity index (χ0) is 12.3.